The molecule has 0 aliphatic carbocycles. The number of imidazole rings is 1. The molecule has 64 heavy (non-hydrogen) atoms. The van der Waals surface area contributed by atoms with Gasteiger partial charge in [0, 0.05) is 31.3 Å². The van der Waals surface area contributed by atoms with Crippen molar-refractivity contribution in [1.29, 1.82) is 0 Å². The van der Waals surface area contributed by atoms with Crippen LogP contribution in [0.4, 0.5) is 0 Å². The lowest BCUT2D eigenvalue weighted by Gasteiger charge is -2.27. The lowest BCUT2D eigenvalue weighted by Crippen LogP contribution is -2.17. The summed E-state index contributed by atoms with van der Waals surface area (Å²) < 4.78 is 62.6. The standard InChI is InChI=1S/C60H65N3O/c1-37(2)47-21-17-22-48(38(3)4)54(47)40-25-27-46(28-26-40)63-53-24-18-23-49(55(53)62-57(63)50-35-45(59(8,9)10)36-51(56(50)64)60(11,12)13)42-31-43(33-44(32-42)58(5,6)7)52-34-41(29-30-61-52)39-19-15-14-16-20-39/h14-38,64H,1-13H3/i14D,15D,16D,19D,20D,37D,38D. The van der Waals surface area contributed by atoms with Crippen LogP contribution in [0.5, 0.6) is 5.75 Å². The number of benzene rings is 6. The Balaban J connectivity index is 1.41. The van der Waals surface area contributed by atoms with Crippen molar-refractivity contribution >= 4 is 11.0 Å². The predicted molar refractivity (Wildman–Crippen MR) is 272 cm³/mol. The van der Waals surface area contributed by atoms with E-state index in [0.29, 0.717) is 28.2 Å². The zero-order chi connectivity index (χ0) is 52.1. The highest BCUT2D eigenvalue weighted by Gasteiger charge is 2.29. The topological polar surface area (TPSA) is 50.9 Å². The molecular formula is C60H65N3O. The lowest BCUT2D eigenvalue weighted by atomic mass is 9.79. The van der Waals surface area contributed by atoms with Gasteiger partial charge in [-0.05, 0) is 127 Å². The summed E-state index contributed by atoms with van der Waals surface area (Å²) in [6.45, 7) is 26.8. The van der Waals surface area contributed by atoms with Gasteiger partial charge in [0.05, 0.1) is 29.1 Å². The van der Waals surface area contributed by atoms with Gasteiger partial charge in [-0.1, -0.05) is 175 Å². The van der Waals surface area contributed by atoms with Gasteiger partial charge in [0.2, 0.25) is 0 Å². The van der Waals surface area contributed by atoms with E-state index in [1.807, 2.05) is 52.0 Å². The van der Waals surface area contributed by atoms with Crippen LogP contribution < -0.4 is 0 Å². The van der Waals surface area contributed by atoms with Crippen LogP contribution in [0.2, 0.25) is 0 Å². The van der Waals surface area contributed by atoms with Crippen LogP contribution in [-0.2, 0) is 16.2 Å². The average molecular weight is 851 g/mol. The number of hydrogen-bond acceptors (Lipinski definition) is 3. The van der Waals surface area contributed by atoms with Crippen LogP contribution in [0, 0.1) is 0 Å². The summed E-state index contributed by atoms with van der Waals surface area (Å²) in [6, 6.07) is 32.5. The van der Waals surface area contributed by atoms with E-state index in [9.17, 15) is 5.11 Å². The number of aromatic nitrogens is 3. The van der Waals surface area contributed by atoms with E-state index in [1.165, 1.54) is 0 Å². The van der Waals surface area contributed by atoms with Gasteiger partial charge in [-0.2, -0.15) is 0 Å². The monoisotopic (exact) mass is 851 g/mol. The highest BCUT2D eigenvalue weighted by molar-refractivity contribution is 5.97. The molecule has 0 spiro atoms. The summed E-state index contributed by atoms with van der Waals surface area (Å²) in [6.07, 6.45) is 1.61. The number of pyridine rings is 1. The number of rotatable bonds is 8. The fourth-order valence-corrected chi connectivity index (χ4v) is 8.56. The smallest absolute Gasteiger partial charge is 0.149 e. The Bertz CT molecular complexity index is 3330. The van der Waals surface area contributed by atoms with Crippen molar-refractivity contribution in [3.63, 3.8) is 0 Å². The zero-order valence-corrected chi connectivity index (χ0v) is 39.7. The van der Waals surface area contributed by atoms with Crippen molar-refractivity contribution in [3.05, 3.63) is 167 Å². The van der Waals surface area contributed by atoms with Gasteiger partial charge in [0.15, 0.2) is 0 Å². The molecule has 0 unspecified atom stereocenters. The number of aromatic hydroxyl groups is 1. The Labute approximate surface area is 392 Å². The minimum absolute atomic E-state index is 0.112. The van der Waals surface area contributed by atoms with E-state index in [1.54, 1.807) is 18.3 Å². The highest BCUT2D eigenvalue weighted by Crippen LogP contribution is 2.45. The number of fused-ring (bicyclic) bond motifs is 1. The Kier molecular flexibility index (Phi) is 9.43. The lowest BCUT2D eigenvalue weighted by molar-refractivity contribution is 0.446. The van der Waals surface area contributed by atoms with Gasteiger partial charge < -0.3 is 5.11 Å². The number of para-hydroxylation sites is 1. The number of hydrogen-bond donors (Lipinski definition) is 1. The van der Waals surface area contributed by atoms with Crippen molar-refractivity contribution < 1.29 is 14.7 Å². The second kappa shape index (κ2) is 16.7. The van der Waals surface area contributed by atoms with Crippen LogP contribution >= 0.6 is 0 Å². The molecular weight excluding hydrogens is 779 g/mol. The molecule has 0 aliphatic rings. The Morgan fingerprint density at radius 1 is 0.578 bits per heavy atom. The third-order valence-electron chi connectivity index (χ3n) is 12.2. The van der Waals surface area contributed by atoms with Gasteiger partial charge in [-0.3, -0.25) is 9.55 Å². The van der Waals surface area contributed by atoms with Gasteiger partial charge in [-0.25, -0.2) is 4.98 Å². The normalized spacial score (nSPS) is 14.4. The van der Waals surface area contributed by atoms with Crippen LogP contribution in [0.25, 0.3) is 72.7 Å². The molecule has 8 rings (SSSR count). The molecule has 326 valence electrons. The quantitative estimate of drug-likeness (QED) is 0.166. The van der Waals surface area contributed by atoms with Crippen molar-refractivity contribution in [3.8, 4) is 67.5 Å². The Morgan fingerprint density at radius 3 is 1.80 bits per heavy atom. The first-order valence-electron chi connectivity index (χ1n) is 25.7. The third-order valence-corrected chi connectivity index (χ3v) is 12.2. The second-order valence-corrected chi connectivity index (χ2v) is 20.6. The van der Waals surface area contributed by atoms with Gasteiger partial charge in [0.1, 0.15) is 11.6 Å². The number of phenols is 1. The fourth-order valence-electron chi connectivity index (χ4n) is 8.56. The fraction of sp³-hybridized carbons (Fsp3) is 0.300. The molecule has 8 aromatic rings. The molecule has 0 radical (unpaired) electrons. The first kappa shape index (κ1) is 36.1. The molecule has 0 aliphatic heterocycles. The summed E-state index contributed by atoms with van der Waals surface area (Å²) >= 11 is 0. The molecule has 1 N–H and O–H groups in total. The molecule has 0 fully saturated rings. The Hall–Kier alpha value is -6.26. The van der Waals surface area contributed by atoms with E-state index < -0.39 is 35.3 Å². The van der Waals surface area contributed by atoms with Crippen molar-refractivity contribution in [1.82, 2.24) is 14.5 Å². The maximum atomic E-state index is 12.5. The Morgan fingerprint density at radius 2 is 1.19 bits per heavy atom. The molecule has 0 atom stereocenters. The van der Waals surface area contributed by atoms with Gasteiger partial charge in [0.25, 0.3) is 0 Å². The summed E-state index contributed by atoms with van der Waals surface area (Å²) in [5.41, 5.74) is 12.0. The molecule has 4 heteroatoms. The van der Waals surface area contributed by atoms with Crippen LogP contribution in [0.15, 0.2) is 140 Å². The van der Waals surface area contributed by atoms with Crippen molar-refractivity contribution in [2.24, 2.45) is 0 Å². The van der Waals surface area contributed by atoms with E-state index >= 15 is 0 Å². The largest absolute Gasteiger partial charge is 0.507 e. The predicted octanol–water partition coefficient (Wildman–Crippen LogP) is 16.6. The van der Waals surface area contributed by atoms with Crippen molar-refractivity contribution in [2.75, 3.05) is 0 Å². The van der Waals surface area contributed by atoms with Gasteiger partial charge >= 0.3 is 0 Å². The molecule has 0 amide bonds. The molecule has 0 saturated carbocycles. The van der Waals surface area contributed by atoms with Crippen LogP contribution in [0.1, 0.15) is 139 Å². The maximum absolute atomic E-state index is 12.5. The minimum atomic E-state index is -0.924. The highest BCUT2D eigenvalue weighted by atomic mass is 16.3. The SMILES string of the molecule is [2H]c1c([2H])c([2H])c(-c2ccnc(-c3cc(-c4cccc5c4nc(-c4cc(C(C)(C)C)cc(C(C)(C)C)c4O)n5-c4ccc(-c5c(C([2H])(C)C)cccc5C([2H])(C)C)cc4)cc(C(C)(C)C)c3)c2)c([2H])c1[2H]. The zero-order valence-electron chi connectivity index (χ0n) is 46.7. The van der Waals surface area contributed by atoms with Gasteiger partial charge in [-0.15, -0.1) is 0 Å². The molecule has 6 aromatic carbocycles. The summed E-state index contributed by atoms with van der Waals surface area (Å²) in [7, 11) is 0. The third kappa shape index (κ3) is 8.55. The molecule has 2 aromatic heterocycles. The first-order valence-corrected chi connectivity index (χ1v) is 22.2. The molecule has 0 bridgehead atoms. The van der Waals surface area contributed by atoms with E-state index in [2.05, 4.69) is 134 Å². The number of nitrogens with zero attached hydrogens (tertiary/aromatic N) is 3. The first-order chi connectivity index (χ1) is 32.9. The van der Waals surface area contributed by atoms with E-state index in [4.69, 9.17) is 19.6 Å². The molecule has 0 saturated heterocycles. The minimum Gasteiger partial charge on any atom is -0.507 e. The average Bonchev–Trinajstić information content (AvgIpc) is 3.68. The summed E-state index contributed by atoms with van der Waals surface area (Å²) in [4.78, 5) is 10.3. The maximum Gasteiger partial charge on any atom is 0.149 e. The molecule has 4 nitrogen and oxygen atoms in total. The van der Waals surface area contributed by atoms with E-state index in [0.717, 1.165) is 66.8 Å². The number of phenolic OH excluding ortho intramolecular Hbond substituents is 1. The summed E-state index contributed by atoms with van der Waals surface area (Å²) in [5, 5.41) is 12.5. The van der Waals surface area contributed by atoms with E-state index in [-0.39, 0.29) is 34.2 Å². The van der Waals surface area contributed by atoms with Crippen LogP contribution in [-0.4, -0.2) is 19.6 Å². The molecule has 2 heterocycles. The van der Waals surface area contributed by atoms with Crippen molar-refractivity contribution in [2.45, 2.75) is 118 Å². The second-order valence-electron chi connectivity index (χ2n) is 20.6. The summed E-state index contributed by atoms with van der Waals surface area (Å²) in [5.74, 6) is -1.12. The van der Waals surface area contributed by atoms with Crippen LogP contribution in [0.3, 0.4) is 0 Å².